The molecule has 0 aliphatic heterocycles. The predicted octanol–water partition coefficient (Wildman–Crippen LogP) is 1.20. The van der Waals surface area contributed by atoms with Crippen LogP contribution in [0, 0.1) is 0 Å². The zero-order valence-corrected chi connectivity index (χ0v) is 9.17. The standard InChI is InChI=1S/C10H13NO3.ClH/c1-7(12)11-5-4-8-2-3-9(13)10(14)6-8;/h2-3,6,13-14H,4-5H2,1H3,(H,11,12);1H. The van der Waals surface area contributed by atoms with E-state index in [9.17, 15) is 9.90 Å². The summed E-state index contributed by atoms with van der Waals surface area (Å²) in [6.07, 6.45) is 0.632. The lowest BCUT2D eigenvalue weighted by Crippen LogP contribution is -2.22. The van der Waals surface area contributed by atoms with Gasteiger partial charge in [-0.1, -0.05) is 6.07 Å². The van der Waals surface area contributed by atoms with Crippen LogP contribution in [0.15, 0.2) is 18.2 Å². The smallest absolute Gasteiger partial charge is 0.216 e. The highest BCUT2D eigenvalue weighted by Gasteiger charge is 2.00. The van der Waals surface area contributed by atoms with E-state index < -0.39 is 0 Å². The number of rotatable bonds is 3. The fourth-order valence-electron chi connectivity index (χ4n) is 1.11. The molecule has 0 atom stereocenters. The van der Waals surface area contributed by atoms with Gasteiger partial charge in [0.25, 0.3) is 0 Å². The minimum atomic E-state index is -0.134. The molecule has 1 aromatic carbocycles. The number of benzene rings is 1. The topological polar surface area (TPSA) is 69.6 Å². The lowest BCUT2D eigenvalue weighted by atomic mass is 10.1. The Kier molecular flexibility index (Phi) is 5.56. The Labute approximate surface area is 94.3 Å². The first kappa shape index (κ1) is 13.6. The second-order valence-corrected chi connectivity index (χ2v) is 3.06. The summed E-state index contributed by atoms with van der Waals surface area (Å²) in [6.45, 7) is 1.98. The Morgan fingerprint density at radius 3 is 2.53 bits per heavy atom. The number of hydrogen-bond donors (Lipinski definition) is 3. The summed E-state index contributed by atoms with van der Waals surface area (Å²) in [7, 11) is 0. The molecule has 0 fully saturated rings. The average Bonchev–Trinajstić information content (AvgIpc) is 2.10. The molecule has 0 saturated carbocycles. The van der Waals surface area contributed by atoms with E-state index in [-0.39, 0.29) is 29.8 Å². The normalized spacial score (nSPS) is 9.13. The summed E-state index contributed by atoms with van der Waals surface area (Å²) in [4.78, 5) is 10.6. The van der Waals surface area contributed by atoms with Crippen molar-refractivity contribution in [3.63, 3.8) is 0 Å². The van der Waals surface area contributed by atoms with E-state index >= 15 is 0 Å². The largest absolute Gasteiger partial charge is 0.504 e. The molecular formula is C10H14ClNO3. The Balaban J connectivity index is 0.00000196. The van der Waals surface area contributed by atoms with Crippen molar-refractivity contribution >= 4 is 18.3 Å². The number of phenols is 2. The van der Waals surface area contributed by atoms with Crippen molar-refractivity contribution in [3.8, 4) is 11.5 Å². The zero-order chi connectivity index (χ0) is 10.6. The van der Waals surface area contributed by atoms with Crippen molar-refractivity contribution < 1.29 is 15.0 Å². The molecule has 0 aliphatic carbocycles. The number of hydrogen-bond acceptors (Lipinski definition) is 3. The fourth-order valence-corrected chi connectivity index (χ4v) is 1.11. The SMILES string of the molecule is CC(=O)NCCc1ccc(O)c(O)c1.Cl. The molecule has 1 amide bonds. The van der Waals surface area contributed by atoms with Crippen molar-refractivity contribution in [2.45, 2.75) is 13.3 Å². The molecule has 0 unspecified atom stereocenters. The maximum Gasteiger partial charge on any atom is 0.216 e. The van der Waals surface area contributed by atoms with Gasteiger partial charge >= 0.3 is 0 Å². The highest BCUT2D eigenvalue weighted by molar-refractivity contribution is 5.85. The van der Waals surface area contributed by atoms with E-state index in [1.54, 1.807) is 6.07 Å². The van der Waals surface area contributed by atoms with Gasteiger partial charge in [0.2, 0.25) is 5.91 Å². The van der Waals surface area contributed by atoms with Crippen molar-refractivity contribution in [2.24, 2.45) is 0 Å². The van der Waals surface area contributed by atoms with Crippen molar-refractivity contribution in [2.75, 3.05) is 6.54 Å². The summed E-state index contributed by atoms with van der Waals surface area (Å²) in [5.74, 6) is -0.341. The molecule has 0 aromatic heterocycles. The second kappa shape index (κ2) is 6.14. The molecular weight excluding hydrogens is 218 g/mol. The van der Waals surface area contributed by atoms with Gasteiger partial charge in [0.05, 0.1) is 0 Å². The highest BCUT2D eigenvalue weighted by atomic mass is 35.5. The van der Waals surface area contributed by atoms with Crippen LogP contribution in [0.2, 0.25) is 0 Å². The number of amides is 1. The molecule has 1 rings (SSSR count). The number of phenolic OH excluding ortho intramolecular Hbond substituents is 2. The molecule has 0 spiro atoms. The van der Waals surface area contributed by atoms with E-state index in [0.29, 0.717) is 13.0 Å². The van der Waals surface area contributed by atoms with Gasteiger partial charge in [-0.15, -0.1) is 12.4 Å². The molecule has 0 heterocycles. The third-order valence-electron chi connectivity index (χ3n) is 1.83. The van der Waals surface area contributed by atoms with Gasteiger partial charge in [0, 0.05) is 13.5 Å². The van der Waals surface area contributed by atoms with Gasteiger partial charge in [0.1, 0.15) is 0 Å². The van der Waals surface area contributed by atoms with E-state index in [0.717, 1.165) is 5.56 Å². The summed E-state index contributed by atoms with van der Waals surface area (Å²) in [5.41, 5.74) is 0.869. The van der Waals surface area contributed by atoms with Crippen LogP contribution in [0.4, 0.5) is 0 Å². The Bertz CT molecular complexity index is 341. The van der Waals surface area contributed by atoms with Crippen LogP contribution in [0.5, 0.6) is 11.5 Å². The molecule has 15 heavy (non-hydrogen) atoms. The Morgan fingerprint density at radius 1 is 1.33 bits per heavy atom. The van der Waals surface area contributed by atoms with Crippen LogP contribution in [-0.2, 0) is 11.2 Å². The van der Waals surface area contributed by atoms with Gasteiger partial charge < -0.3 is 15.5 Å². The van der Waals surface area contributed by atoms with E-state index in [1.165, 1.54) is 19.1 Å². The third kappa shape index (κ3) is 4.56. The molecule has 5 heteroatoms. The molecule has 0 bridgehead atoms. The minimum absolute atomic E-state index is 0. The highest BCUT2D eigenvalue weighted by Crippen LogP contribution is 2.24. The molecule has 1 aromatic rings. The summed E-state index contributed by atoms with van der Waals surface area (Å²) >= 11 is 0. The quantitative estimate of drug-likeness (QED) is 0.685. The van der Waals surface area contributed by atoms with E-state index in [1.807, 2.05) is 0 Å². The van der Waals surface area contributed by atoms with Crippen LogP contribution in [0.3, 0.4) is 0 Å². The lowest BCUT2D eigenvalue weighted by molar-refractivity contribution is -0.118. The molecule has 4 nitrogen and oxygen atoms in total. The van der Waals surface area contributed by atoms with Crippen LogP contribution in [0.1, 0.15) is 12.5 Å². The van der Waals surface area contributed by atoms with Crippen molar-refractivity contribution in [1.82, 2.24) is 5.32 Å². The van der Waals surface area contributed by atoms with Gasteiger partial charge in [-0.2, -0.15) is 0 Å². The van der Waals surface area contributed by atoms with Gasteiger partial charge in [-0.25, -0.2) is 0 Å². The maximum absolute atomic E-state index is 10.6. The summed E-state index contributed by atoms with van der Waals surface area (Å²) in [6, 6.07) is 4.62. The summed E-state index contributed by atoms with van der Waals surface area (Å²) in [5, 5.41) is 20.9. The van der Waals surface area contributed by atoms with Gasteiger partial charge in [0.15, 0.2) is 11.5 Å². The van der Waals surface area contributed by atoms with E-state index in [4.69, 9.17) is 5.11 Å². The maximum atomic E-state index is 10.6. The van der Waals surface area contributed by atoms with Crippen LogP contribution in [0.25, 0.3) is 0 Å². The average molecular weight is 232 g/mol. The lowest BCUT2D eigenvalue weighted by Gasteiger charge is -2.04. The number of nitrogens with one attached hydrogen (secondary N) is 1. The van der Waals surface area contributed by atoms with Crippen LogP contribution < -0.4 is 5.32 Å². The monoisotopic (exact) mass is 231 g/mol. The summed E-state index contributed by atoms with van der Waals surface area (Å²) < 4.78 is 0. The van der Waals surface area contributed by atoms with Gasteiger partial charge in [-0.05, 0) is 24.1 Å². The molecule has 0 aliphatic rings. The second-order valence-electron chi connectivity index (χ2n) is 3.06. The Morgan fingerprint density at radius 2 is 2.00 bits per heavy atom. The van der Waals surface area contributed by atoms with Crippen molar-refractivity contribution in [3.05, 3.63) is 23.8 Å². The molecule has 3 N–H and O–H groups in total. The first-order chi connectivity index (χ1) is 6.59. The van der Waals surface area contributed by atoms with E-state index in [2.05, 4.69) is 5.32 Å². The zero-order valence-electron chi connectivity index (χ0n) is 8.36. The fraction of sp³-hybridized carbons (Fsp3) is 0.300. The molecule has 0 radical (unpaired) electrons. The number of carbonyl (C=O) groups excluding carboxylic acids is 1. The first-order valence-corrected chi connectivity index (χ1v) is 4.35. The molecule has 0 saturated heterocycles. The minimum Gasteiger partial charge on any atom is -0.504 e. The number of aromatic hydroxyl groups is 2. The molecule has 84 valence electrons. The predicted molar refractivity (Wildman–Crippen MR) is 59.4 cm³/mol. The number of halogens is 1. The van der Waals surface area contributed by atoms with Crippen LogP contribution in [-0.4, -0.2) is 22.7 Å². The Hall–Kier alpha value is -1.42. The van der Waals surface area contributed by atoms with Crippen LogP contribution >= 0.6 is 12.4 Å². The van der Waals surface area contributed by atoms with Crippen molar-refractivity contribution in [1.29, 1.82) is 0 Å². The first-order valence-electron chi connectivity index (χ1n) is 4.35. The van der Waals surface area contributed by atoms with Gasteiger partial charge in [-0.3, -0.25) is 4.79 Å². The number of carbonyl (C=O) groups is 1. The third-order valence-corrected chi connectivity index (χ3v) is 1.83.